The molecule has 0 aliphatic rings. The molecule has 8 heteroatoms. The van der Waals surface area contributed by atoms with Crippen molar-refractivity contribution in [3.63, 3.8) is 0 Å². The maximum atomic E-state index is 14.1. The number of benzene rings is 3. The molecule has 36 heavy (non-hydrogen) atoms. The van der Waals surface area contributed by atoms with E-state index >= 15 is 0 Å². The molecule has 0 spiro atoms. The van der Waals surface area contributed by atoms with Crippen LogP contribution in [-0.2, 0) is 4.79 Å². The number of halogens is 3. The Morgan fingerprint density at radius 1 is 0.917 bits per heavy atom. The summed E-state index contributed by atoms with van der Waals surface area (Å²) in [6.45, 7) is 4.93. The number of hydrogen-bond donors (Lipinski definition) is 3. The Labute approximate surface area is 213 Å². The molecule has 192 valence electrons. The van der Waals surface area contributed by atoms with Crippen LogP contribution in [0, 0.1) is 32.4 Å². The summed E-state index contributed by atoms with van der Waals surface area (Å²) < 4.78 is 34.1. The lowest BCUT2D eigenvalue weighted by atomic mass is 9.83. The van der Waals surface area contributed by atoms with Crippen LogP contribution in [0.15, 0.2) is 48.5 Å². The van der Waals surface area contributed by atoms with Crippen LogP contribution in [0.2, 0.25) is 5.02 Å². The predicted molar refractivity (Wildman–Crippen MR) is 134 cm³/mol. The van der Waals surface area contributed by atoms with Crippen molar-refractivity contribution < 1.29 is 33.6 Å². The van der Waals surface area contributed by atoms with Crippen molar-refractivity contribution in [1.82, 2.24) is 0 Å². The van der Waals surface area contributed by atoms with Crippen LogP contribution in [0.1, 0.15) is 52.1 Å². The average molecular weight is 519 g/mol. The highest BCUT2D eigenvalue weighted by atomic mass is 35.5. The smallest absolute Gasteiger partial charge is 0.305 e. The maximum Gasteiger partial charge on any atom is 0.305 e. The summed E-state index contributed by atoms with van der Waals surface area (Å²) in [7, 11) is 0. The second-order valence-electron chi connectivity index (χ2n) is 9.07. The van der Waals surface area contributed by atoms with E-state index in [1.807, 2.05) is 13.0 Å². The summed E-state index contributed by atoms with van der Waals surface area (Å²) in [5.41, 5.74) is 3.84. The molecule has 3 N–H and O–H groups in total. The number of aliphatic hydroxyl groups excluding tert-OH is 2. The highest BCUT2D eigenvalue weighted by Gasteiger charge is 2.25. The molecule has 0 saturated heterocycles. The van der Waals surface area contributed by atoms with Crippen LogP contribution < -0.4 is 4.74 Å². The topological polar surface area (TPSA) is 87.0 Å². The van der Waals surface area contributed by atoms with Crippen molar-refractivity contribution in [2.75, 3.05) is 6.61 Å². The van der Waals surface area contributed by atoms with Gasteiger partial charge in [-0.15, -0.1) is 0 Å². The molecule has 0 amide bonds. The summed E-state index contributed by atoms with van der Waals surface area (Å²) in [4.78, 5) is 10.8. The Morgan fingerprint density at radius 2 is 1.47 bits per heavy atom. The van der Waals surface area contributed by atoms with Gasteiger partial charge in [0.15, 0.2) is 0 Å². The third-order valence-electron chi connectivity index (χ3n) is 5.93. The second kappa shape index (κ2) is 11.8. The van der Waals surface area contributed by atoms with Crippen molar-refractivity contribution in [2.24, 2.45) is 0 Å². The fourth-order valence-electron chi connectivity index (χ4n) is 4.22. The number of ether oxygens (including phenoxy) is 1. The van der Waals surface area contributed by atoms with Gasteiger partial charge in [-0.2, -0.15) is 0 Å². The molecule has 0 heterocycles. The van der Waals surface area contributed by atoms with E-state index in [9.17, 15) is 23.8 Å². The zero-order valence-corrected chi connectivity index (χ0v) is 21.0. The van der Waals surface area contributed by atoms with E-state index in [1.54, 1.807) is 44.2 Å². The lowest BCUT2D eigenvalue weighted by Gasteiger charge is -2.25. The van der Waals surface area contributed by atoms with Gasteiger partial charge in [-0.1, -0.05) is 41.9 Å². The van der Waals surface area contributed by atoms with Crippen LogP contribution >= 0.6 is 11.6 Å². The van der Waals surface area contributed by atoms with E-state index < -0.39 is 30.5 Å². The molecule has 0 aliphatic carbocycles. The van der Waals surface area contributed by atoms with Crippen LogP contribution in [0.4, 0.5) is 8.78 Å². The molecule has 0 saturated carbocycles. The lowest BCUT2D eigenvalue weighted by Crippen LogP contribution is -2.26. The first-order valence-electron chi connectivity index (χ1n) is 11.5. The zero-order valence-electron chi connectivity index (χ0n) is 20.3. The van der Waals surface area contributed by atoms with Gasteiger partial charge in [0.1, 0.15) is 24.0 Å². The molecule has 0 bridgehead atoms. The molecular formula is C28H29ClF2O5. The number of carboxylic acids is 1. The van der Waals surface area contributed by atoms with Gasteiger partial charge in [0.05, 0.1) is 23.7 Å². The Hall–Kier alpha value is -3.00. The molecule has 0 aliphatic heterocycles. The van der Waals surface area contributed by atoms with Crippen molar-refractivity contribution in [3.8, 4) is 5.75 Å². The van der Waals surface area contributed by atoms with Gasteiger partial charge in [-0.05, 0) is 66.8 Å². The van der Waals surface area contributed by atoms with Gasteiger partial charge < -0.3 is 20.1 Å². The number of aliphatic hydroxyl groups is 2. The molecule has 3 rings (SSSR count). The molecule has 2 atom stereocenters. The minimum absolute atomic E-state index is 0.192. The molecule has 5 nitrogen and oxygen atoms in total. The Morgan fingerprint density at radius 3 is 1.97 bits per heavy atom. The predicted octanol–water partition coefficient (Wildman–Crippen LogP) is 5.69. The molecule has 0 aromatic heterocycles. The van der Waals surface area contributed by atoms with Gasteiger partial charge in [-0.3, -0.25) is 4.79 Å². The quantitative estimate of drug-likeness (QED) is 0.300. The van der Waals surface area contributed by atoms with Crippen LogP contribution in [0.25, 0.3) is 0 Å². The second-order valence-corrected chi connectivity index (χ2v) is 9.47. The largest absolute Gasteiger partial charge is 0.489 e. The first-order chi connectivity index (χ1) is 17.0. The molecular weight excluding hydrogens is 490 g/mol. The standard InChI is InChI=1S/C28H29ClF2O5/c1-15-8-22(28(23(29)9-15)36-14-21(33)12-20(32)13-26(34)35)27(18-4-6-24(30)16(2)10-18)19-5-7-25(31)17(3)11-19/h4-11,20-21,27,32-33H,12-14H2,1-3H3,(H,34,35)/t20-,21?/m1/s1. The van der Waals surface area contributed by atoms with E-state index in [0.29, 0.717) is 16.7 Å². The van der Waals surface area contributed by atoms with E-state index in [4.69, 9.17) is 21.4 Å². The minimum atomic E-state index is -1.23. The Bertz CT molecular complexity index is 1200. The number of carboxylic acid groups (broad SMARTS) is 1. The fourth-order valence-corrected chi connectivity index (χ4v) is 4.55. The van der Waals surface area contributed by atoms with E-state index in [2.05, 4.69) is 0 Å². The number of hydrogen-bond acceptors (Lipinski definition) is 4. The summed E-state index contributed by atoms with van der Waals surface area (Å²) in [5.74, 6) is -2.09. The van der Waals surface area contributed by atoms with Gasteiger partial charge >= 0.3 is 5.97 Å². The van der Waals surface area contributed by atoms with Crippen molar-refractivity contribution >= 4 is 17.6 Å². The van der Waals surface area contributed by atoms with Crippen molar-refractivity contribution in [1.29, 1.82) is 0 Å². The van der Waals surface area contributed by atoms with E-state index in [0.717, 1.165) is 16.7 Å². The van der Waals surface area contributed by atoms with Gasteiger partial charge in [0.2, 0.25) is 0 Å². The maximum absolute atomic E-state index is 14.1. The number of aliphatic carboxylic acids is 1. The van der Waals surface area contributed by atoms with Gasteiger partial charge in [0, 0.05) is 17.9 Å². The normalized spacial score (nSPS) is 13.0. The van der Waals surface area contributed by atoms with E-state index in [1.165, 1.54) is 12.1 Å². The number of carbonyl (C=O) groups is 1. The summed E-state index contributed by atoms with van der Waals surface area (Å²) in [6, 6.07) is 13.1. The average Bonchev–Trinajstić information content (AvgIpc) is 2.77. The number of rotatable bonds is 10. The van der Waals surface area contributed by atoms with E-state index in [-0.39, 0.29) is 35.4 Å². The summed E-state index contributed by atoms with van der Waals surface area (Å²) >= 11 is 6.57. The zero-order chi connectivity index (χ0) is 26.6. The Kier molecular flexibility index (Phi) is 9.06. The van der Waals surface area contributed by atoms with Crippen molar-refractivity contribution in [3.05, 3.63) is 98.6 Å². The number of aryl methyl sites for hydroxylation is 3. The minimum Gasteiger partial charge on any atom is -0.489 e. The van der Waals surface area contributed by atoms with Gasteiger partial charge in [-0.25, -0.2) is 8.78 Å². The highest BCUT2D eigenvalue weighted by molar-refractivity contribution is 6.32. The monoisotopic (exact) mass is 518 g/mol. The first kappa shape index (κ1) is 27.6. The molecule has 1 unspecified atom stereocenters. The SMILES string of the molecule is Cc1cc(Cl)c(OCC(O)C[C@@H](O)CC(=O)O)c(C(c2ccc(F)c(C)c2)c2ccc(F)c(C)c2)c1. The summed E-state index contributed by atoms with van der Waals surface area (Å²) in [6.07, 6.45) is -3.07. The van der Waals surface area contributed by atoms with Crippen LogP contribution in [0.3, 0.4) is 0 Å². The first-order valence-corrected chi connectivity index (χ1v) is 11.9. The lowest BCUT2D eigenvalue weighted by molar-refractivity contribution is -0.139. The van der Waals surface area contributed by atoms with Crippen LogP contribution in [-0.4, -0.2) is 40.1 Å². The van der Waals surface area contributed by atoms with Gasteiger partial charge in [0.25, 0.3) is 0 Å². The van der Waals surface area contributed by atoms with Crippen LogP contribution in [0.5, 0.6) is 5.75 Å². The van der Waals surface area contributed by atoms with Crippen molar-refractivity contribution in [2.45, 2.75) is 51.7 Å². The third kappa shape index (κ3) is 6.81. The molecule has 3 aromatic rings. The summed E-state index contributed by atoms with van der Waals surface area (Å²) in [5, 5.41) is 29.3. The molecule has 3 aromatic carbocycles. The Balaban J connectivity index is 2.06. The fraction of sp³-hybridized carbons (Fsp3) is 0.321. The highest BCUT2D eigenvalue weighted by Crippen LogP contribution is 2.42. The third-order valence-corrected chi connectivity index (χ3v) is 6.21. The molecule has 0 fully saturated rings. The molecule has 0 radical (unpaired) electrons.